The van der Waals surface area contributed by atoms with Gasteiger partial charge in [0.25, 0.3) is 5.91 Å². The van der Waals surface area contributed by atoms with Gasteiger partial charge in [0.15, 0.2) is 17.5 Å². The van der Waals surface area contributed by atoms with E-state index >= 15 is 0 Å². The molecule has 9 nitrogen and oxygen atoms in total. The van der Waals surface area contributed by atoms with E-state index in [-0.39, 0.29) is 11.3 Å². The summed E-state index contributed by atoms with van der Waals surface area (Å²) in [6, 6.07) is 23.0. The Morgan fingerprint density at radius 1 is 1.03 bits per heavy atom. The number of hydrazone groups is 1. The number of pyridine rings is 1. The average molecular weight is 483 g/mol. The summed E-state index contributed by atoms with van der Waals surface area (Å²) in [6.07, 6.45) is 1.57. The van der Waals surface area contributed by atoms with Crippen LogP contribution in [0.1, 0.15) is 16.1 Å². The number of benzene rings is 2. The molecule has 1 amide bonds. The lowest BCUT2D eigenvalue weighted by Crippen LogP contribution is -2.20. The van der Waals surface area contributed by atoms with Gasteiger partial charge in [-0.2, -0.15) is 10.4 Å². The lowest BCUT2D eigenvalue weighted by Gasteiger charge is -2.06. The van der Waals surface area contributed by atoms with Crippen molar-refractivity contribution in [2.45, 2.75) is 0 Å². The molecule has 172 valence electrons. The Hall–Kier alpha value is -4.88. The number of esters is 1. The van der Waals surface area contributed by atoms with Crippen LogP contribution in [0.4, 0.5) is 10.8 Å². The Morgan fingerprint density at radius 3 is 2.51 bits per heavy atom. The molecule has 0 saturated heterocycles. The molecule has 0 unspecified atom stereocenters. The van der Waals surface area contributed by atoms with E-state index in [4.69, 9.17) is 4.74 Å². The molecule has 0 aliphatic heterocycles. The number of nitriles is 1. The number of anilines is 2. The van der Waals surface area contributed by atoms with Gasteiger partial charge in [0.1, 0.15) is 11.8 Å². The van der Waals surface area contributed by atoms with Crippen molar-refractivity contribution in [1.82, 2.24) is 9.97 Å². The number of nitrogens with one attached hydrogen (secondary N) is 2. The zero-order chi connectivity index (χ0) is 24.5. The van der Waals surface area contributed by atoms with E-state index in [0.29, 0.717) is 16.5 Å². The molecule has 2 heterocycles. The number of aromatic nitrogens is 2. The number of carbonyl (C=O) groups excluding carboxylic acids is 2. The number of amides is 1. The van der Waals surface area contributed by atoms with Crippen LogP contribution in [0.15, 0.2) is 89.5 Å². The number of hydrogen-bond donors (Lipinski definition) is 2. The monoisotopic (exact) mass is 482 g/mol. The highest BCUT2D eigenvalue weighted by Gasteiger charge is 2.12. The van der Waals surface area contributed by atoms with Crippen LogP contribution < -0.4 is 10.7 Å². The van der Waals surface area contributed by atoms with Crippen molar-refractivity contribution in [2.24, 2.45) is 5.10 Å². The predicted molar refractivity (Wildman–Crippen MR) is 133 cm³/mol. The second-order valence-corrected chi connectivity index (χ2v) is 7.86. The van der Waals surface area contributed by atoms with Crippen LogP contribution in [0.2, 0.25) is 0 Å². The van der Waals surface area contributed by atoms with Gasteiger partial charge in [0.05, 0.1) is 16.9 Å². The molecule has 35 heavy (non-hydrogen) atoms. The first-order valence-corrected chi connectivity index (χ1v) is 11.2. The fraction of sp³-hybridized carbons (Fsp3) is 0.0400. The second kappa shape index (κ2) is 11.3. The zero-order valence-corrected chi connectivity index (χ0v) is 19.0. The highest BCUT2D eigenvalue weighted by Crippen LogP contribution is 2.24. The molecule has 0 bridgehead atoms. The molecule has 0 saturated carbocycles. The number of thiazole rings is 1. The smallest absolute Gasteiger partial charge is 0.338 e. The minimum absolute atomic E-state index is 0.121. The normalized spacial score (nSPS) is 10.8. The van der Waals surface area contributed by atoms with E-state index in [9.17, 15) is 14.9 Å². The third-order valence-corrected chi connectivity index (χ3v) is 5.34. The van der Waals surface area contributed by atoms with Crippen molar-refractivity contribution >= 4 is 39.7 Å². The summed E-state index contributed by atoms with van der Waals surface area (Å²) in [5.41, 5.74) is 5.83. The van der Waals surface area contributed by atoms with Gasteiger partial charge < -0.3 is 4.74 Å². The summed E-state index contributed by atoms with van der Waals surface area (Å²) in [4.78, 5) is 32.9. The zero-order valence-electron chi connectivity index (χ0n) is 18.2. The van der Waals surface area contributed by atoms with Crippen molar-refractivity contribution in [3.8, 4) is 17.3 Å². The highest BCUT2D eigenvalue weighted by atomic mass is 32.1. The number of hydrogen-bond acceptors (Lipinski definition) is 9. The standard InChI is InChI=1S/C25H18N6O3S/c26-14-21(20-8-4-5-13-27-20)31-30-19-11-9-18(10-12-19)24(33)34-15-23(32)29-25-28-22(16-35-25)17-6-2-1-3-7-17/h1-13,16,30H,15H2,(H,28,29,32)/b31-21-. The van der Waals surface area contributed by atoms with Crippen molar-refractivity contribution in [3.63, 3.8) is 0 Å². The summed E-state index contributed by atoms with van der Waals surface area (Å²) in [5.74, 6) is -1.14. The van der Waals surface area contributed by atoms with E-state index in [0.717, 1.165) is 11.3 Å². The van der Waals surface area contributed by atoms with Gasteiger partial charge in [0.2, 0.25) is 0 Å². The summed E-state index contributed by atoms with van der Waals surface area (Å²) >= 11 is 1.29. The summed E-state index contributed by atoms with van der Waals surface area (Å²) < 4.78 is 5.09. The first-order chi connectivity index (χ1) is 17.1. The Labute approximate surface area is 204 Å². The lowest BCUT2D eigenvalue weighted by molar-refractivity contribution is -0.119. The largest absolute Gasteiger partial charge is 0.452 e. The second-order valence-electron chi connectivity index (χ2n) is 7.00. The molecule has 0 spiro atoms. The predicted octanol–water partition coefficient (Wildman–Crippen LogP) is 4.34. The van der Waals surface area contributed by atoms with Crippen LogP contribution >= 0.6 is 11.3 Å². The van der Waals surface area contributed by atoms with Crippen LogP contribution in [0.25, 0.3) is 11.3 Å². The molecule has 2 aromatic carbocycles. The molecule has 0 fully saturated rings. The van der Waals surface area contributed by atoms with Gasteiger partial charge in [0, 0.05) is 17.1 Å². The fourth-order valence-corrected chi connectivity index (χ4v) is 3.62. The first kappa shape index (κ1) is 23.3. The molecule has 10 heteroatoms. The summed E-state index contributed by atoms with van der Waals surface area (Å²) in [5, 5.41) is 18.2. The molecule has 4 aromatic rings. The van der Waals surface area contributed by atoms with E-state index < -0.39 is 18.5 Å². The van der Waals surface area contributed by atoms with Crippen molar-refractivity contribution < 1.29 is 14.3 Å². The van der Waals surface area contributed by atoms with E-state index in [1.807, 2.05) is 41.8 Å². The van der Waals surface area contributed by atoms with Crippen LogP contribution in [0, 0.1) is 11.3 Å². The van der Waals surface area contributed by atoms with Gasteiger partial charge in [-0.1, -0.05) is 36.4 Å². The number of carbonyl (C=O) groups is 2. The first-order valence-electron chi connectivity index (χ1n) is 10.4. The van der Waals surface area contributed by atoms with Crippen LogP contribution in [-0.2, 0) is 9.53 Å². The number of ether oxygens (including phenoxy) is 1. The topological polar surface area (TPSA) is 129 Å². The molecule has 0 atom stereocenters. The molecular formula is C25H18N6O3S. The SMILES string of the molecule is N#C/C(=N/Nc1ccc(C(=O)OCC(=O)Nc2nc(-c3ccccc3)cs2)cc1)c1ccccn1. The average Bonchev–Trinajstić information content (AvgIpc) is 3.37. The number of nitrogens with zero attached hydrogens (tertiary/aromatic N) is 4. The molecule has 4 rings (SSSR count). The highest BCUT2D eigenvalue weighted by molar-refractivity contribution is 7.14. The molecular weight excluding hydrogens is 464 g/mol. The van der Waals surface area contributed by atoms with Crippen LogP contribution in [0.5, 0.6) is 0 Å². The van der Waals surface area contributed by atoms with Crippen LogP contribution in [-0.4, -0.2) is 34.2 Å². The maximum absolute atomic E-state index is 12.3. The Morgan fingerprint density at radius 2 is 1.80 bits per heavy atom. The molecule has 0 radical (unpaired) electrons. The Balaban J connectivity index is 1.28. The third-order valence-electron chi connectivity index (χ3n) is 4.59. The fourth-order valence-electron chi connectivity index (χ4n) is 2.89. The Bertz CT molecular complexity index is 1380. The lowest BCUT2D eigenvalue weighted by atomic mass is 10.2. The maximum atomic E-state index is 12.3. The molecule has 0 aliphatic rings. The number of rotatable bonds is 8. The van der Waals surface area contributed by atoms with Gasteiger partial charge >= 0.3 is 5.97 Å². The quantitative estimate of drug-likeness (QED) is 0.217. The summed E-state index contributed by atoms with van der Waals surface area (Å²) in [6.45, 7) is -0.445. The van der Waals surface area contributed by atoms with Crippen molar-refractivity contribution in [3.05, 3.63) is 95.6 Å². The van der Waals surface area contributed by atoms with Gasteiger partial charge in [-0.05, 0) is 36.4 Å². The third kappa shape index (κ3) is 6.34. The summed E-state index contributed by atoms with van der Waals surface area (Å²) in [7, 11) is 0. The van der Waals surface area contributed by atoms with Crippen molar-refractivity contribution in [1.29, 1.82) is 5.26 Å². The van der Waals surface area contributed by atoms with E-state index in [2.05, 4.69) is 25.8 Å². The van der Waals surface area contributed by atoms with E-state index in [1.165, 1.54) is 23.5 Å². The molecule has 2 N–H and O–H groups in total. The van der Waals surface area contributed by atoms with Crippen molar-refractivity contribution in [2.75, 3.05) is 17.3 Å². The molecule has 2 aromatic heterocycles. The van der Waals surface area contributed by atoms with E-state index in [1.54, 1.807) is 36.5 Å². The Kier molecular flexibility index (Phi) is 7.52. The van der Waals surface area contributed by atoms with Crippen LogP contribution in [0.3, 0.4) is 0 Å². The maximum Gasteiger partial charge on any atom is 0.338 e. The van der Waals surface area contributed by atoms with Gasteiger partial charge in [-0.15, -0.1) is 11.3 Å². The minimum atomic E-state index is -0.648. The minimum Gasteiger partial charge on any atom is -0.452 e. The van der Waals surface area contributed by atoms with Gasteiger partial charge in [-0.3, -0.25) is 20.5 Å². The van der Waals surface area contributed by atoms with Gasteiger partial charge in [-0.25, -0.2) is 9.78 Å². The molecule has 0 aliphatic carbocycles.